The van der Waals surface area contributed by atoms with Gasteiger partial charge in [0.15, 0.2) is 0 Å². The van der Waals surface area contributed by atoms with Crippen LogP contribution in [-0.2, 0) is 4.79 Å². The molecule has 0 heterocycles. The quantitative estimate of drug-likeness (QED) is 0.793. The van der Waals surface area contributed by atoms with Crippen molar-refractivity contribution in [1.29, 1.82) is 0 Å². The summed E-state index contributed by atoms with van der Waals surface area (Å²) in [6, 6.07) is 0. The summed E-state index contributed by atoms with van der Waals surface area (Å²) in [7, 11) is 0. The standard InChI is InChI=1S/C14H28N2O/c1-14(2,10-11-15)16-13(17)12-8-6-4-3-5-7-9-12/h12H,3-11,15H2,1-2H3,(H,16,17). The van der Waals surface area contributed by atoms with Crippen molar-refractivity contribution < 1.29 is 4.79 Å². The monoisotopic (exact) mass is 240 g/mol. The maximum absolute atomic E-state index is 12.2. The third kappa shape index (κ3) is 5.53. The Labute approximate surface area is 106 Å². The van der Waals surface area contributed by atoms with Crippen LogP contribution < -0.4 is 11.1 Å². The van der Waals surface area contributed by atoms with E-state index in [2.05, 4.69) is 19.2 Å². The topological polar surface area (TPSA) is 55.1 Å². The van der Waals surface area contributed by atoms with Crippen molar-refractivity contribution in [1.82, 2.24) is 5.32 Å². The van der Waals surface area contributed by atoms with Gasteiger partial charge in [0, 0.05) is 11.5 Å². The van der Waals surface area contributed by atoms with E-state index in [1.807, 2.05) is 0 Å². The van der Waals surface area contributed by atoms with E-state index in [0.717, 1.165) is 19.3 Å². The van der Waals surface area contributed by atoms with Crippen molar-refractivity contribution in [2.45, 2.75) is 70.8 Å². The van der Waals surface area contributed by atoms with Gasteiger partial charge in [-0.1, -0.05) is 32.1 Å². The number of rotatable bonds is 4. The maximum Gasteiger partial charge on any atom is 0.223 e. The number of hydrogen-bond donors (Lipinski definition) is 2. The molecule has 3 heteroatoms. The smallest absolute Gasteiger partial charge is 0.223 e. The van der Waals surface area contributed by atoms with Crippen LogP contribution in [0, 0.1) is 5.92 Å². The van der Waals surface area contributed by atoms with Crippen molar-refractivity contribution in [3.63, 3.8) is 0 Å². The number of nitrogens with two attached hydrogens (primary N) is 1. The fraction of sp³-hybridized carbons (Fsp3) is 0.929. The Morgan fingerprint density at radius 3 is 2.24 bits per heavy atom. The SMILES string of the molecule is CC(C)(CCN)NC(=O)C1CCCCCCC1. The molecule has 0 radical (unpaired) electrons. The molecule has 1 fully saturated rings. The molecule has 100 valence electrons. The number of carbonyl (C=O) groups excluding carboxylic acids is 1. The lowest BCUT2D eigenvalue weighted by Crippen LogP contribution is -2.47. The van der Waals surface area contributed by atoms with Crippen LogP contribution >= 0.6 is 0 Å². The van der Waals surface area contributed by atoms with Crippen LogP contribution in [0.3, 0.4) is 0 Å². The lowest BCUT2D eigenvalue weighted by Gasteiger charge is -2.29. The third-order valence-corrected chi connectivity index (χ3v) is 3.71. The van der Waals surface area contributed by atoms with E-state index in [1.165, 1.54) is 32.1 Å². The normalized spacial score (nSPS) is 19.5. The van der Waals surface area contributed by atoms with Gasteiger partial charge in [0.1, 0.15) is 0 Å². The zero-order valence-electron chi connectivity index (χ0n) is 11.4. The summed E-state index contributed by atoms with van der Waals surface area (Å²) < 4.78 is 0. The molecule has 3 N–H and O–H groups in total. The summed E-state index contributed by atoms with van der Waals surface area (Å²) in [5.74, 6) is 0.470. The van der Waals surface area contributed by atoms with Crippen molar-refractivity contribution in [3.05, 3.63) is 0 Å². The Balaban J connectivity index is 2.44. The molecule has 0 saturated heterocycles. The summed E-state index contributed by atoms with van der Waals surface area (Å²) in [6.07, 6.45) is 9.28. The van der Waals surface area contributed by atoms with Crippen LogP contribution in [-0.4, -0.2) is 18.0 Å². The van der Waals surface area contributed by atoms with E-state index in [4.69, 9.17) is 5.73 Å². The maximum atomic E-state index is 12.2. The van der Waals surface area contributed by atoms with Gasteiger partial charge in [0.25, 0.3) is 0 Å². The molecular formula is C14H28N2O. The first-order valence-electron chi connectivity index (χ1n) is 7.07. The summed E-state index contributed by atoms with van der Waals surface area (Å²) in [4.78, 5) is 12.2. The first-order chi connectivity index (χ1) is 8.05. The Kier molecular flexibility index (Phi) is 5.96. The number of amides is 1. The highest BCUT2D eigenvalue weighted by Crippen LogP contribution is 2.23. The van der Waals surface area contributed by atoms with Gasteiger partial charge in [-0.15, -0.1) is 0 Å². The first-order valence-corrected chi connectivity index (χ1v) is 7.07. The highest BCUT2D eigenvalue weighted by molar-refractivity contribution is 5.79. The van der Waals surface area contributed by atoms with Crippen LogP contribution in [0.15, 0.2) is 0 Å². The minimum Gasteiger partial charge on any atom is -0.351 e. The van der Waals surface area contributed by atoms with Gasteiger partial charge in [-0.05, 0) is 39.7 Å². The number of nitrogens with one attached hydrogen (secondary N) is 1. The van der Waals surface area contributed by atoms with Crippen LogP contribution in [0.5, 0.6) is 0 Å². The summed E-state index contributed by atoms with van der Waals surface area (Å²) in [5.41, 5.74) is 5.40. The highest BCUT2D eigenvalue weighted by atomic mass is 16.2. The zero-order chi connectivity index (χ0) is 12.7. The van der Waals surface area contributed by atoms with Crippen LogP contribution in [0.4, 0.5) is 0 Å². The highest BCUT2D eigenvalue weighted by Gasteiger charge is 2.25. The van der Waals surface area contributed by atoms with E-state index in [-0.39, 0.29) is 17.4 Å². The van der Waals surface area contributed by atoms with Gasteiger partial charge in [0.05, 0.1) is 0 Å². The second-order valence-electron chi connectivity index (χ2n) is 5.95. The van der Waals surface area contributed by atoms with Gasteiger partial charge < -0.3 is 11.1 Å². The molecule has 17 heavy (non-hydrogen) atoms. The predicted octanol–water partition coefficient (Wildman–Crippen LogP) is 2.59. The third-order valence-electron chi connectivity index (χ3n) is 3.71. The van der Waals surface area contributed by atoms with E-state index in [1.54, 1.807) is 0 Å². The zero-order valence-corrected chi connectivity index (χ0v) is 11.4. The van der Waals surface area contributed by atoms with Crippen molar-refractivity contribution in [2.24, 2.45) is 11.7 Å². The summed E-state index contributed by atoms with van der Waals surface area (Å²) in [6.45, 7) is 4.74. The van der Waals surface area contributed by atoms with Crippen molar-refractivity contribution >= 4 is 5.91 Å². The van der Waals surface area contributed by atoms with Gasteiger partial charge in [-0.2, -0.15) is 0 Å². The largest absolute Gasteiger partial charge is 0.351 e. The molecule has 1 rings (SSSR count). The molecule has 0 aromatic heterocycles. The van der Waals surface area contributed by atoms with Gasteiger partial charge in [-0.25, -0.2) is 0 Å². The molecule has 0 bridgehead atoms. The molecule has 1 saturated carbocycles. The first kappa shape index (κ1) is 14.5. The molecule has 3 nitrogen and oxygen atoms in total. The molecule has 1 amide bonds. The molecule has 0 unspecified atom stereocenters. The van der Waals surface area contributed by atoms with Crippen molar-refractivity contribution in [3.8, 4) is 0 Å². The number of carbonyl (C=O) groups is 1. The minimum absolute atomic E-state index is 0.159. The molecule has 0 spiro atoms. The Hall–Kier alpha value is -0.570. The molecule has 0 atom stereocenters. The van der Waals surface area contributed by atoms with Crippen LogP contribution in [0.2, 0.25) is 0 Å². The van der Waals surface area contributed by atoms with E-state index in [9.17, 15) is 4.79 Å². The summed E-state index contributed by atoms with van der Waals surface area (Å²) >= 11 is 0. The Morgan fingerprint density at radius 2 is 1.71 bits per heavy atom. The average Bonchev–Trinajstić information content (AvgIpc) is 2.14. The van der Waals surface area contributed by atoms with Gasteiger partial charge in [-0.3, -0.25) is 4.79 Å². The minimum atomic E-state index is -0.159. The molecule has 0 aromatic carbocycles. The summed E-state index contributed by atoms with van der Waals surface area (Å²) in [5, 5.41) is 3.16. The lowest BCUT2D eigenvalue weighted by atomic mass is 9.89. The van der Waals surface area contributed by atoms with Gasteiger partial charge in [0.2, 0.25) is 5.91 Å². The van der Waals surface area contributed by atoms with Crippen LogP contribution in [0.25, 0.3) is 0 Å². The molecular weight excluding hydrogens is 212 g/mol. The second kappa shape index (κ2) is 7.00. The van der Waals surface area contributed by atoms with E-state index >= 15 is 0 Å². The van der Waals surface area contributed by atoms with E-state index in [0.29, 0.717) is 6.54 Å². The molecule has 0 aliphatic heterocycles. The Morgan fingerprint density at radius 1 is 1.18 bits per heavy atom. The molecule has 1 aliphatic carbocycles. The van der Waals surface area contributed by atoms with Crippen LogP contribution in [0.1, 0.15) is 65.2 Å². The Bertz CT molecular complexity index is 230. The average molecular weight is 240 g/mol. The fourth-order valence-electron chi connectivity index (χ4n) is 2.58. The van der Waals surface area contributed by atoms with Crippen molar-refractivity contribution in [2.75, 3.05) is 6.54 Å². The van der Waals surface area contributed by atoms with E-state index < -0.39 is 0 Å². The predicted molar refractivity (Wildman–Crippen MR) is 71.7 cm³/mol. The number of hydrogen-bond acceptors (Lipinski definition) is 2. The van der Waals surface area contributed by atoms with Gasteiger partial charge >= 0.3 is 0 Å². The molecule has 0 aromatic rings. The second-order valence-corrected chi connectivity index (χ2v) is 5.95. The fourth-order valence-corrected chi connectivity index (χ4v) is 2.58. The lowest BCUT2D eigenvalue weighted by molar-refractivity contribution is -0.127. The molecule has 1 aliphatic rings.